The lowest BCUT2D eigenvalue weighted by Gasteiger charge is -2.10. The molecular formula is C16H20ClN5OS. The van der Waals surface area contributed by atoms with E-state index in [4.69, 9.17) is 11.6 Å². The van der Waals surface area contributed by atoms with Crippen LogP contribution < -0.4 is 5.32 Å². The maximum absolute atomic E-state index is 12.0. The summed E-state index contributed by atoms with van der Waals surface area (Å²) in [6, 6.07) is 8.06. The van der Waals surface area contributed by atoms with E-state index >= 15 is 0 Å². The van der Waals surface area contributed by atoms with E-state index in [-0.39, 0.29) is 5.91 Å². The van der Waals surface area contributed by atoms with Crippen LogP contribution in [0.25, 0.3) is 0 Å². The number of aromatic nitrogens is 4. The molecule has 6 nitrogen and oxygen atoms in total. The number of benzene rings is 1. The molecule has 24 heavy (non-hydrogen) atoms. The van der Waals surface area contributed by atoms with E-state index < -0.39 is 0 Å². The molecule has 1 aliphatic rings. The highest BCUT2D eigenvalue weighted by Crippen LogP contribution is 2.31. The van der Waals surface area contributed by atoms with Crippen LogP contribution in [-0.2, 0) is 11.2 Å². The number of hydrogen-bond acceptors (Lipinski definition) is 5. The summed E-state index contributed by atoms with van der Waals surface area (Å²) in [4.78, 5) is 12.0. The zero-order valence-corrected chi connectivity index (χ0v) is 14.9. The first-order valence-corrected chi connectivity index (χ1v) is 9.50. The topological polar surface area (TPSA) is 72.7 Å². The van der Waals surface area contributed by atoms with Gasteiger partial charge in [0.2, 0.25) is 11.1 Å². The normalized spacial score (nSPS) is 14.9. The van der Waals surface area contributed by atoms with E-state index in [1.807, 2.05) is 28.9 Å². The molecule has 1 aromatic carbocycles. The predicted molar refractivity (Wildman–Crippen MR) is 94.2 cm³/mol. The van der Waals surface area contributed by atoms with Crippen molar-refractivity contribution in [2.45, 2.75) is 43.3 Å². The van der Waals surface area contributed by atoms with Crippen LogP contribution in [0.2, 0.25) is 5.02 Å². The van der Waals surface area contributed by atoms with Crippen molar-refractivity contribution in [1.29, 1.82) is 0 Å². The highest BCUT2D eigenvalue weighted by Gasteiger charge is 2.21. The molecule has 3 rings (SSSR count). The van der Waals surface area contributed by atoms with E-state index in [2.05, 4.69) is 20.8 Å². The molecule has 0 bridgehead atoms. The van der Waals surface area contributed by atoms with Gasteiger partial charge in [0.15, 0.2) is 0 Å². The van der Waals surface area contributed by atoms with Crippen molar-refractivity contribution in [2.75, 3.05) is 12.3 Å². The minimum Gasteiger partial charge on any atom is -0.355 e. The van der Waals surface area contributed by atoms with Crippen LogP contribution in [0.4, 0.5) is 0 Å². The van der Waals surface area contributed by atoms with Crippen LogP contribution >= 0.6 is 23.4 Å². The summed E-state index contributed by atoms with van der Waals surface area (Å²) in [6.07, 6.45) is 5.43. The van der Waals surface area contributed by atoms with Gasteiger partial charge in [-0.2, -0.15) is 0 Å². The molecule has 0 unspecified atom stereocenters. The van der Waals surface area contributed by atoms with Crippen molar-refractivity contribution in [2.24, 2.45) is 0 Å². The number of tetrazole rings is 1. The van der Waals surface area contributed by atoms with E-state index in [9.17, 15) is 4.79 Å². The average Bonchev–Trinajstić information content (AvgIpc) is 3.24. The zero-order valence-electron chi connectivity index (χ0n) is 13.3. The molecule has 1 saturated carbocycles. The predicted octanol–water partition coefficient (Wildman–Crippen LogP) is 2.89. The summed E-state index contributed by atoms with van der Waals surface area (Å²) < 4.78 is 1.87. The first-order chi connectivity index (χ1) is 11.7. The van der Waals surface area contributed by atoms with Gasteiger partial charge in [0.1, 0.15) is 0 Å². The molecule has 8 heteroatoms. The van der Waals surface area contributed by atoms with E-state index in [0.717, 1.165) is 30.0 Å². The lowest BCUT2D eigenvalue weighted by molar-refractivity contribution is -0.118. The number of nitrogens with zero attached hydrogens (tertiary/aromatic N) is 4. The van der Waals surface area contributed by atoms with Crippen LogP contribution in [0.3, 0.4) is 0 Å². The summed E-state index contributed by atoms with van der Waals surface area (Å²) in [5, 5.41) is 16.2. The molecule has 0 aliphatic heterocycles. The van der Waals surface area contributed by atoms with Gasteiger partial charge in [-0.15, -0.1) is 5.10 Å². The molecule has 0 radical (unpaired) electrons. The Labute approximate surface area is 150 Å². The summed E-state index contributed by atoms with van der Waals surface area (Å²) in [5.41, 5.74) is 1.11. The van der Waals surface area contributed by atoms with E-state index in [0.29, 0.717) is 23.4 Å². The Morgan fingerprint density at radius 1 is 1.38 bits per heavy atom. The fraction of sp³-hybridized carbons (Fsp3) is 0.500. The first kappa shape index (κ1) is 17.2. The molecule has 1 amide bonds. The summed E-state index contributed by atoms with van der Waals surface area (Å²) in [6.45, 7) is 0.591. The van der Waals surface area contributed by atoms with Gasteiger partial charge in [0.05, 0.1) is 11.8 Å². The smallest absolute Gasteiger partial charge is 0.230 e. The minimum absolute atomic E-state index is 0.0111. The molecule has 1 aromatic heterocycles. The number of carbonyl (C=O) groups excluding carboxylic acids is 1. The molecule has 2 aromatic rings. The first-order valence-electron chi connectivity index (χ1n) is 8.14. The van der Waals surface area contributed by atoms with Crippen molar-refractivity contribution in [3.63, 3.8) is 0 Å². The Hall–Kier alpha value is -1.60. The van der Waals surface area contributed by atoms with Crippen molar-refractivity contribution in [3.05, 3.63) is 34.9 Å². The second kappa shape index (κ2) is 8.48. The van der Waals surface area contributed by atoms with E-state index in [1.165, 1.54) is 24.6 Å². The number of thioether (sulfide) groups is 1. The van der Waals surface area contributed by atoms with Crippen LogP contribution in [-0.4, -0.2) is 38.4 Å². The number of amides is 1. The maximum atomic E-state index is 12.0. The van der Waals surface area contributed by atoms with Gasteiger partial charge in [-0.1, -0.05) is 48.3 Å². The Morgan fingerprint density at radius 2 is 2.21 bits per heavy atom. The van der Waals surface area contributed by atoms with Gasteiger partial charge in [-0.05, 0) is 47.4 Å². The molecule has 1 heterocycles. The summed E-state index contributed by atoms with van der Waals surface area (Å²) >= 11 is 7.34. The zero-order chi connectivity index (χ0) is 16.8. The molecule has 128 valence electrons. The Kier molecular flexibility index (Phi) is 6.09. The van der Waals surface area contributed by atoms with Crippen LogP contribution in [0.5, 0.6) is 0 Å². The van der Waals surface area contributed by atoms with Gasteiger partial charge in [-0.25, -0.2) is 4.68 Å². The fourth-order valence-electron chi connectivity index (χ4n) is 2.88. The molecule has 0 atom stereocenters. The van der Waals surface area contributed by atoms with Crippen molar-refractivity contribution < 1.29 is 4.79 Å². The standard InChI is InChI=1S/C16H20ClN5OS/c17-13-5-3-4-12(10-13)8-9-18-15(23)11-24-16-19-20-21-22(16)14-6-1-2-7-14/h3-5,10,14H,1-2,6-9,11H2,(H,18,23). The third-order valence-electron chi connectivity index (χ3n) is 4.09. The fourth-order valence-corrected chi connectivity index (χ4v) is 3.87. The third kappa shape index (κ3) is 4.70. The number of halogens is 1. The van der Waals surface area contributed by atoms with Gasteiger partial charge in [0, 0.05) is 11.6 Å². The lowest BCUT2D eigenvalue weighted by atomic mass is 10.1. The molecule has 0 spiro atoms. The van der Waals surface area contributed by atoms with Gasteiger partial charge < -0.3 is 5.32 Å². The summed E-state index contributed by atoms with van der Waals surface area (Å²) in [5.74, 6) is 0.311. The van der Waals surface area contributed by atoms with Crippen LogP contribution in [0.1, 0.15) is 37.3 Å². The Balaban J connectivity index is 1.42. The van der Waals surface area contributed by atoms with Crippen LogP contribution in [0, 0.1) is 0 Å². The minimum atomic E-state index is -0.0111. The van der Waals surface area contributed by atoms with Gasteiger partial charge in [-0.3, -0.25) is 4.79 Å². The number of rotatable bonds is 7. The largest absolute Gasteiger partial charge is 0.355 e. The summed E-state index contributed by atoms with van der Waals surface area (Å²) in [7, 11) is 0. The number of nitrogens with one attached hydrogen (secondary N) is 1. The average molecular weight is 366 g/mol. The molecular weight excluding hydrogens is 346 g/mol. The van der Waals surface area contributed by atoms with E-state index in [1.54, 1.807) is 0 Å². The Bertz CT molecular complexity index is 687. The highest BCUT2D eigenvalue weighted by atomic mass is 35.5. The number of carbonyl (C=O) groups is 1. The van der Waals surface area contributed by atoms with Gasteiger partial charge in [0.25, 0.3) is 0 Å². The van der Waals surface area contributed by atoms with Crippen molar-refractivity contribution in [3.8, 4) is 0 Å². The second-order valence-corrected chi connectivity index (χ2v) is 7.24. The Morgan fingerprint density at radius 3 is 3.00 bits per heavy atom. The number of hydrogen-bond donors (Lipinski definition) is 1. The molecule has 1 aliphatic carbocycles. The van der Waals surface area contributed by atoms with Gasteiger partial charge >= 0.3 is 0 Å². The second-order valence-electron chi connectivity index (χ2n) is 5.86. The van der Waals surface area contributed by atoms with Crippen molar-refractivity contribution >= 4 is 29.3 Å². The highest BCUT2D eigenvalue weighted by molar-refractivity contribution is 7.99. The monoisotopic (exact) mass is 365 g/mol. The van der Waals surface area contributed by atoms with Crippen LogP contribution in [0.15, 0.2) is 29.4 Å². The SMILES string of the molecule is O=C(CSc1nnnn1C1CCCC1)NCCc1cccc(Cl)c1. The quantitative estimate of drug-likeness (QED) is 0.764. The lowest BCUT2D eigenvalue weighted by Crippen LogP contribution is -2.27. The molecule has 1 fully saturated rings. The van der Waals surface area contributed by atoms with Crippen molar-refractivity contribution in [1.82, 2.24) is 25.5 Å². The molecule has 0 saturated heterocycles. The third-order valence-corrected chi connectivity index (χ3v) is 5.26. The maximum Gasteiger partial charge on any atom is 0.230 e. The molecule has 1 N–H and O–H groups in total.